The smallest absolute Gasteiger partial charge is 0.182 e. The van der Waals surface area contributed by atoms with Crippen LogP contribution in [0, 0.1) is 0 Å². The first-order chi connectivity index (χ1) is 27.3. The highest BCUT2D eigenvalue weighted by atomic mass is 28.3. The summed E-state index contributed by atoms with van der Waals surface area (Å²) < 4.78 is 4.99. The average Bonchev–Trinajstić information content (AvgIpc) is 3.95. The second-order valence-electron chi connectivity index (χ2n) is 15.2. The first kappa shape index (κ1) is 29.5. The van der Waals surface area contributed by atoms with Crippen molar-refractivity contribution in [1.82, 2.24) is 9.13 Å². The Morgan fingerprint density at radius 2 is 0.727 bits per heavy atom. The molecule has 0 saturated heterocycles. The molecule has 0 N–H and O–H groups in total. The van der Waals surface area contributed by atoms with Crippen LogP contribution in [-0.4, -0.2) is 17.2 Å². The summed E-state index contributed by atoms with van der Waals surface area (Å²) in [6.07, 6.45) is 0. The summed E-state index contributed by atoms with van der Waals surface area (Å²) in [5, 5.41) is 13.7. The lowest BCUT2D eigenvalue weighted by Gasteiger charge is -2.28. The molecular formula is C52H32N2Si. The largest absolute Gasteiger partial charge is 0.309 e. The van der Waals surface area contributed by atoms with Crippen molar-refractivity contribution in [1.29, 1.82) is 0 Å². The molecule has 254 valence electrons. The minimum atomic E-state index is -2.58. The van der Waals surface area contributed by atoms with E-state index in [9.17, 15) is 0 Å². The van der Waals surface area contributed by atoms with Crippen LogP contribution in [0.25, 0.3) is 88.0 Å². The van der Waals surface area contributed by atoms with Crippen molar-refractivity contribution >= 4 is 83.2 Å². The Bertz CT molecular complexity index is 3390. The van der Waals surface area contributed by atoms with Crippen molar-refractivity contribution < 1.29 is 0 Å². The lowest BCUT2D eigenvalue weighted by Crippen LogP contribution is -2.70. The monoisotopic (exact) mass is 712 g/mol. The molecule has 0 fully saturated rings. The Labute approximate surface area is 318 Å². The van der Waals surface area contributed by atoms with Gasteiger partial charge in [-0.05, 0) is 102 Å². The summed E-state index contributed by atoms with van der Waals surface area (Å²) in [7, 11) is -2.58. The molecule has 0 aliphatic carbocycles. The Hall–Kier alpha value is -6.94. The minimum absolute atomic E-state index is 1.18. The van der Waals surface area contributed by atoms with Crippen LogP contribution in [-0.2, 0) is 0 Å². The molecule has 2 aliphatic rings. The zero-order valence-corrected chi connectivity index (χ0v) is 30.9. The van der Waals surface area contributed by atoms with Crippen LogP contribution < -0.4 is 20.7 Å². The number of hydrogen-bond donors (Lipinski definition) is 0. The fraction of sp³-hybridized carbons (Fsp3) is 0. The van der Waals surface area contributed by atoms with E-state index in [4.69, 9.17) is 0 Å². The van der Waals surface area contributed by atoms with Gasteiger partial charge in [-0.1, -0.05) is 146 Å². The van der Waals surface area contributed by atoms with E-state index in [0.717, 1.165) is 0 Å². The number of nitrogens with zero attached hydrogens (tertiary/aromatic N) is 2. The van der Waals surface area contributed by atoms with Gasteiger partial charge in [0.25, 0.3) is 0 Å². The molecule has 0 atom stereocenters. The maximum Gasteiger partial charge on any atom is 0.182 e. The molecule has 2 nitrogen and oxygen atoms in total. The van der Waals surface area contributed by atoms with Crippen LogP contribution >= 0.6 is 0 Å². The van der Waals surface area contributed by atoms with Gasteiger partial charge in [-0.3, -0.25) is 0 Å². The lowest BCUT2D eigenvalue weighted by atomic mass is 10.1. The van der Waals surface area contributed by atoms with Gasteiger partial charge < -0.3 is 9.13 Å². The predicted molar refractivity (Wildman–Crippen MR) is 234 cm³/mol. The van der Waals surface area contributed by atoms with Gasteiger partial charge in [0.05, 0.1) is 22.1 Å². The highest BCUT2D eigenvalue weighted by molar-refractivity contribution is 7.24. The maximum absolute atomic E-state index is 2.58. The fourth-order valence-electron chi connectivity index (χ4n) is 10.6. The Morgan fingerprint density at radius 1 is 0.291 bits per heavy atom. The summed E-state index contributed by atoms with van der Waals surface area (Å²) >= 11 is 0. The molecule has 0 bridgehead atoms. The van der Waals surface area contributed by atoms with Crippen molar-refractivity contribution in [2.24, 2.45) is 0 Å². The van der Waals surface area contributed by atoms with E-state index < -0.39 is 8.07 Å². The van der Waals surface area contributed by atoms with Crippen molar-refractivity contribution in [3.63, 3.8) is 0 Å². The van der Waals surface area contributed by atoms with Crippen LogP contribution in [0.5, 0.6) is 0 Å². The number of para-hydroxylation sites is 2. The molecule has 9 aromatic carbocycles. The zero-order chi connectivity index (χ0) is 35.8. The van der Waals surface area contributed by atoms with Gasteiger partial charge in [0.2, 0.25) is 0 Å². The molecule has 1 spiro atoms. The quantitative estimate of drug-likeness (QED) is 0.158. The Balaban J connectivity index is 1.12. The van der Waals surface area contributed by atoms with Gasteiger partial charge in [0.1, 0.15) is 0 Å². The molecule has 2 aliphatic heterocycles. The zero-order valence-electron chi connectivity index (χ0n) is 29.9. The van der Waals surface area contributed by atoms with Crippen LogP contribution in [0.2, 0.25) is 0 Å². The fourth-order valence-corrected chi connectivity index (χ4v) is 16.2. The minimum Gasteiger partial charge on any atom is -0.309 e. The van der Waals surface area contributed by atoms with E-state index in [1.54, 1.807) is 0 Å². The number of hydrogen-bond acceptors (Lipinski definition) is 0. The lowest BCUT2D eigenvalue weighted by molar-refractivity contribution is 1.18. The third-order valence-corrected chi connectivity index (χ3v) is 17.7. The number of benzene rings is 9. The second kappa shape index (κ2) is 10.6. The van der Waals surface area contributed by atoms with Gasteiger partial charge in [-0.2, -0.15) is 0 Å². The van der Waals surface area contributed by atoms with Gasteiger partial charge >= 0.3 is 0 Å². The predicted octanol–water partition coefficient (Wildman–Crippen LogP) is 10.4. The summed E-state index contributed by atoms with van der Waals surface area (Å²) in [6.45, 7) is 0. The summed E-state index contributed by atoms with van der Waals surface area (Å²) in [6, 6.07) is 73.1. The second-order valence-corrected chi connectivity index (χ2v) is 18.9. The van der Waals surface area contributed by atoms with E-state index in [1.807, 2.05) is 0 Å². The van der Waals surface area contributed by atoms with E-state index in [1.165, 1.54) is 109 Å². The molecule has 0 saturated carbocycles. The van der Waals surface area contributed by atoms with E-state index >= 15 is 0 Å². The summed E-state index contributed by atoms with van der Waals surface area (Å²) in [5.41, 5.74) is 12.8. The van der Waals surface area contributed by atoms with Crippen LogP contribution in [0.15, 0.2) is 194 Å². The molecular weight excluding hydrogens is 681 g/mol. The topological polar surface area (TPSA) is 9.86 Å². The molecule has 55 heavy (non-hydrogen) atoms. The molecule has 0 amide bonds. The highest BCUT2D eigenvalue weighted by Gasteiger charge is 2.53. The molecule has 2 aromatic heterocycles. The summed E-state index contributed by atoms with van der Waals surface area (Å²) in [4.78, 5) is 0. The first-order valence-corrected chi connectivity index (χ1v) is 21.2. The van der Waals surface area contributed by atoms with Crippen LogP contribution in [0.3, 0.4) is 0 Å². The molecule has 3 heteroatoms. The normalized spacial score (nSPS) is 13.6. The number of fused-ring (bicyclic) bond motifs is 18. The molecule has 13 rings (SSSR count). The standard InChI is InChI=1S/C52H32N2Si/c1-2-14-34-31-35(26-25-33(34)13-1)53-43-20-8-3-18-41(43)51-45(53)29-30-46-52(51)42-19-4-9-21-44(42)54(46)36-27-28-40-39-17-7-12-24-49(39)55(50(40)32-36)47-22-10-5-15-37(47)38-16-6-11-23-48(38)55/h1-32H. The third-order valence-electron chi connectivity index (χ3n) is 12.7. The van der Waals surface area contributed by atoms with Crippen LogP contribution in [0.4, 0.5) is 0 Å². The Morgan fingerprint density at radius 3 is 1.31 bits per heavy atom. The Kier molecular flexibility index (Phi) is 5.68. The van der Waals surface area contributed by atoms with Gasteiger partial charge in [0, 0.05) is 32.9 Å². The summed E-state index contributed by atoms with van der Waals surface area (Å²) in [5.74, 6) is 0. The maximum atomic E-state index is 2.56. The van der Waals surface area contributed by atoms with Gasteiger partial charge in [-0.15, -0.1) is 0 Å². The highest BCUT2D eigenvalue weighted by Crippen LogP contribution is 2.43. The molecule has 11 aromatic rings. The van der Waals surface area contributed by atoms with Crippen molar-refractivity contribution in [3.05, 3.63) is 194 Å². The van der Waals surface area contributed by atoms with Crippen molar-refractivity contribution in [2.75, 3.05) is 0 Å². The number of rotatable bonds is 2. The van der Waals surface area contributed by atoms with E-state index in [2.05, 4.69) is 203 Å². The SMILES string of the molecule is c1ccc2c(c1)-c1ccccc1[Si]21c2ccccc2-c2ccc(-n3c4ccccc4c4c5c6ccccc6n(-c6ccc7ccccc7c6)c5ccc43)cc21. The van der Waals surface area contributed by atoms with E-state index in [0.29, 0.717) is 0 Å². The van der Waals surface area contributed by atoms with Gasteiger partial charge in [-0.25, -0.2) is 0 Å². The molecule has 0 unspecified atom stereocenters. The van der Waals surface area contributed by atoms with Crippen molar-refractivity contribution in [2.45, 2.75) is 0 Å². The van der Waals surface area contributed by atoms with Crippen LogP contribution in [0.1, 0.15) is 0 Å². The van der Waals surface area contributed by atoms with Gasteiger partial charge in [0.15, 0.2) is 8.07 Å². The third kappa shape index (κ3) is 3.64. The molecule has 0 radical (unpaired) electrons. The average molecular weight is 713 g/mol. The molecule has 4 heterocycles. The van der Waals surface area contributed by atoms with E-state index in [-0.39, 0.29) is 0 Å². The number of aromatic nitrogens is 2. The first-order valence-electron chi connectivity index (χ1n) is 19.2. The van der Waals surface area contributed by atoms with Crippen molar-refractivity contribution in [3.8, 4) is 33.6 Å².